The molecule has 0 spiro atoms. The fourth-order valence-corrected chi connectivity index (χ4v) is 6.26. The zero-order chi connectivity index (χ0) is 27.6. The minimum Gasteiger partial charge on any atom is -0.461 e. The van der Waals surface area contributed by atoms with Crippen molar-refractivity contribution in [3.63, 3.8) is 0 Å². The molecule has 4 N–H and O–H groups in total. The van der Waals surface area contributed by atoms with E-state index < -0.39 is 72.0 Å². The number of fused-ring (bicyclic) bond motifs is 3. The number of nitrogens with two attached hydrogens (primary N) is 1. The number of hydrogen-bond acceptors (Lipinski definition) is 6. The van der Waals surface area contributed by atoms with E-state index in [1.807, 2.05) is 0 Å². The maximum atomic E-state index is 15.0. The smallest absolute Gasteiger partial charge is 0.366 e. The first-order valence-corrected chi connectivity index (χ1v) is 13.6. The molecule has 0 aromatic carbocycles. The predicted octanol–water partition coefficient (Wildman–Crippen LogP) is 2.37. The molecule has 39 heavy (non-hydrogen) atoms. The molecule has 3 amide bonds. The normalized spacial score (nSPS) is 29.5. The van der Waals surface area contributed by atoms with Crippen LogP contribution in [0.15, 0.2) is 11.9 Å². The highest BCUT2D eigenvalue weighted by Crippen LogP contribution is 2.49. The van der Waals surface area contributed by atoms with Crippen LogP contribution in [0.4, 0.5) is 13.2 Å². The number of amides is 3. The van der Waals surface area contributed by atoms with Crippen LogP contribution in [0.3, 0.4) is 0 Å². The summed E-state index contributed by atoms with van der Waals surface area (Å²) < 4.78 is 49.2. The molecule has 2 aliphatic carbocycles. The Morgan fingerprint density at radius 2 is 1.92 bits per heavy atom. The van der Waals surface area contributed by atoms with Crippen LogP contribution in [-0.4, -0.2) is 71.8 Å². The van der Waals surface area contributed by atoms with Gasteiger partial charge in [-0.2, -0.15) is 4.39 Å². The first-order chi connectivity index (χ1) is 18.0. The average Bonchev–Trinajstić information content (AvgIpc) is 3.23. The molecule has 0 radical (unpaired) electrons. The van der Waals surface area contributed by atoms with Crippen molar-refractivity contribution in [2.24, 2.45) is 23.5 Å². The van der Waals surface area contributed by atoms with Crippen LogP contribution in [0.1, 0.15) is 64.7 Å². The van der Waals surface area contributed by atoms with Crippen molar-refractivity contribution in [3.8, 4) is 0 Å². The summed E-state index contributed by atoms with van der Waals surface area (Å²) >= 11 is 0. The van der Waals surface area contributed by atoms with Crippen molar-refractivity contribution in [2.75, 3.05) is 13.2 Å². The van der Waals surface area contributed by atoms with E-state index in [4.69, 9.17) is 5.73 Å². The molecule has 220 valence electrons. The van der Waals surface area contributed by atoms with Gasteiger partial charge in [-0.25, -0.2) is 13.6 Å². The van der Waals surface area contributed by atoms with Gasteiger partial charge in [-0.05, 0) is 51.0 Å². The van der Waals surface area contributed by atoms with Crippen LogP contribution in [0.5, 0.6) is 0 Å². The molecule has 6 atom stereocenters. The van der Waals surface area contributed by atoms with Crippen LogP contribution in [0.2, 0.25) is 0 Å². The zero-order valence-corrected chi connectivity index (χ0v) is 22.8. The zero-order valence-electron chi connectivity index (χ0n) is 22.0. The Morgan fingerprint density at radius 3 is 2.49 bits per heavy atom. The van der Waals surface area contributed by atoms with Crippen molar-refractivity contribution in [1.29, 1.82) is 0 Å². The van der Waals surface area contributed by atoms with Gasteiger partial charge in [0.2, 0.25) is 23.5 Å². The Morgan fingerprint density at radius 1 is 1.21 bits per heavy atom. The Kier molecular flexibility index (Phi) is 10.3. The number of piperidine rings is 2. The lowest BCUT2D eigenvalue weighted by molar-refractivity contribution is -0.195. The van der Waals surface area contributed by atoms with Crippen LogP contribution in [-0.2, 0) is 23.9 Å². The largest absolute Gasteiger partial charge is 0.461 e. The molecule has 0 aromatic rings. The van der Waals surface area contributed by atoms with Crippen LogP contribution in [0.25, 0.3) is 0 Å². The van der Waals surface area contributed by atoms with Gasteiger partial charge < -0.3 is 26.0 Å². The maximum absolute atomic E-state index is 15.0. The first kappa shape index (κ1) is 31.2. The SMILES string of the molecule is CCOC(=O)/C(F)=C/[C@H](C[C@@H]1CCNC1=O)NC(=O)[C@@H]1[C@@H]2CC[C@@H](CC2(F)F)N1C(=O)[C@H](N)CC1CCC1.Cl. The summed E-state index contributed by atoms with van der Waals surface area (Å²) in [5, 5.41) is 5.22. The van der Waals surface area contributed by atoms with Gasteiger partial charge in [0.25, 0.3) is 5.92 Å². The average molecular weight is 579 g/mol. The molecule has 3 saturated heterocycles. The molecule has 3 heterocycles. The Labute approximate surface area is 232 Å². The molecule has 2 saturated carbocycles. The van der Waals surface area contributed by atoms with E-state index in [1.165, 1.54) is 11.8 Å². The highest BCUT2D eigenvalue weighted by molar-refractivity contribution is 5.91. The number of carbonyl (C=O) groups excluding carboxylic acids is 4. The summed E-state index contributed by atoms with van der Waals surface area (Å²) in [6, 6.07) is -4.38. The summed E-state index contributed by atoms with van der Waals surface area (Å²) in [7, 11) is 0. The molecule has 9 nitrogen and oxygen atoms in total. The summed E-state index contributed by atoms with van der Waals surface area (Å²) in [6.07, 6.45) is 4.52. The van der Waals surface area contributed by atoms with Crippen molar-refractivity contribution in [1.82, 2.24) is 15.5 Å². The van der Waals surface area contributed by atoms with E-state index in [2.05, 4.69) is 15.4 Å². The second kappa shape index (κ2) is 12.9. The molecule has 2 bridgehead atoms. The van der Waals surface area contributed by atoms with Crippen molar-refractivity contribution < 1.29 is 37.1 Å². The van der Waals surface area contributed by atoms with E-state index in [1.54, 1.807) is 0 Å². The third kappa shape index (κ3) is 6.87. The third-order valence-electron chi connectivity index (χ3n) is 8.43. The topological polar surface area (TPSA) is 131 Å². The number of nitrogens with one attached hydrogen (secondary N) is 2. The van der Waals surface area contributed by atoms with E-state index in [0.29, 0.717) is 31.7 Å². The molecule has 3 aliphatic heterocycles. The summed E-state index contributed by atoms with van der Waals surface area (Å²) in [4.78, 5) is 52.3. The van der Waals surface area contributed by atoms with Gasteiger partial charge in [-0.1, -0.05) is 19.3 Å². The lowest BCUT2D eigenvalue weighted by Crippen LogP contribution is -2.70. The van der Waals surface area contributed by atoms with Gasteiger partial charge >= 0.3 is 5.97 Å². The van der Waals surface area contributed by atoms with Gasteiger partial charge in [-0.3, -0.25) is 14.4 Å². The highest BCUT2D eigenvalue weighted by atomic mass is 35.5. The van der Waals surface area contributed by atoms with E-state index in [0.717, 1.165) is 25.3 Å². The Balaban J connectivity index is 0.00000420. The third-order valence-corrected chi connectivity index (χ3v) is 8.43. The van der Waals surface area contributed by atoms with Crippen LogP contribution >= 0.6 is 12.4 Å². The first-order valence-electron chi connectivity index (χ1n) is 13.6. The number of ether oxygens (including phenoxy) is 1. The van der Waals surface area contributed by atoms with E-state index >= 15 is 8.78 Å². The van der Waals surface area contributed by atoms with Gasteiger partial charge in [0.15, 0.2) is 0 Å². The van der Waals surface area contributed by atoms with E-state index in [-0.39, 0.29) is 37.8 Å². The molecule has 0 aromatic heterocycles. The quantitative estimate of drug-likeness (QED) is 0.269. The minimum atomic E-state index is -3.16. The van der Waals surface area contributed by atoms with Crippen molar-refractivity contribution in [3.05, 3.63) is 11.9 Å². The molecular formula is C26H38ClF3N4O5. The Hall–Kier alpha value is -2.34. The van der Waals surface area contributed by atoms with Gasteiger partial charge in [0, 0.05) is 24.9 Å². The maximum Gasteiger partial charge on any atom is 0.366 e. The van der Waals surface area contributed by atoms with Crippen molar-refractivity contribution in [2.45, 2.75) is 94.8 Å². The lowest BCUT2D eigenvalue weighted by atomic mass is 9.71. The number of halogens is 4. The number of rotatable bonds is 10. The summed E-state index contributed by atoms with van der Waals surface area (Å²) in [6.45, 7) is 1.85. The predicted molar refractivity (Wildman–Crippen MR) is 137 cm³/mol. The molecule has 5 aliphatic rings. The standard InChI is InChI=1S/C26H37F3N4O5.ClH/c1-2-38-25(37)19(27)12-16(11-15-8-9-31-22(15)34)32-23(35)21-18-7-6-17(13-26(18,28)29)33(21)24(36)20(30)10-14-4-3-5-14;/h12,14-18,20-21H,2-11,13,30H2,1H3,(H,31,34)(H,32,35);1H/b19-12-;/t15-,16-,17-,18-,20+,21-;/m0./s1. The van der Waals surface area contributed by atoms with Gasteiger partial charge in [-0.15, -0.1) is 12.4 Å². The summed E-state index contributed by atoms with van der Waals surface area (Å²) in [5.41, 5.74) is 6.21. The van der Waals surface area contributed by atoms with E-state index in [9.17, 15) is 23.6 Å². The Bertz CT molecular complexity index is 979. The molecular weight excluding hydrogens is 541 g/mol. The molecule has 5 fully saturated rings. The fourth-order valence-electron chi connectivity index (χ4n) is 6.26. The summed E-state index contributed by atoms with van der Waals surface area (Å²) in [5.74, 6) is -9.01. The number of alkyl halides is 2. The highest BCUT2D eigenvalue weighted by Gasteiger charge is 2.61. The van der Waals surface area contributed by atoms with Gasteiger partial charge in [0.05, 0.1) is 24.6 Å². The monoisotopic (exact) mass is 578 g/mol. The van der Waals surface area contributed by atoms with Crippen LogP contribution < -0.4 is 16.4 Å². The molecule has 0 unspecified atom stereocenters. The molecule has 13 heteroatoms. The number of nitrogens with zero attached hydrogens (tertiary/aromatic N) is 1. The molecule has 5 rings (SSSR count). The number of carbonyl (C=O) groups is 4. The number of esters is 1. The lowest BCUT2D eigenvalue weighted by Gasteiger charge is -2.54. The number of hydrogen-bond donors (Lipinski definition) is 3. The van der Waals surface area contributed by atoms with Crippen LogP contribution in [0, 0.1) is 17.8 Å². The fraction of sp³-hybridized carbons (Fsp3) is 0.769. The minimum absolute atomic E-state index is 0. The second-order valence-corrected chi connectivity index (χ2v) is 11.0. The van der Waals surface area contributed by atoms with Gasteiger partial charge in [0.1, 0.15) is 6.04 Å². The van der Waals surface area contributed by atoms with Crippen molar-refractivity contribution >= 4 is 36.1 Å². The second-order valence-electron chi connectivity index (χ2n) is 11.0.